The number of β-lactam (4-membered cyclic amide) rings is 1. The molecule has 3 aromatic heterocycles. The van der Waals surface area contributed by atoms with Gasteiger partial charge in [0.2, 0.25) is 0 Å². The second-order valence-corrected chi connectivity index (χ2v) is 18.7. The highest BCUT2D eigenvalue weighted by molar-refractivity contribution is 8.02. The number of amides is 2. The van der Waals surface area contributed by atoms with E-state index in [0.29, 0.717) is 28.0 Å². The smallest absolute Gasteiger partial charge is 0.355 e. The summed E-state index contributed by atoms with van der Waals surface area (Å²) in [4.78, 5) is 62.7. The van der Waals surface area contributed by atoms with Crippen LogP contribution in [0.15, 0.2) is 160 Å². The van der Waals surface area contributed by atoms with E-state index in [0.717, 1.165) is 36.9 Å². The van der Waals surface area contributed by atoms with Crippen molar-refractivity contribution < 1.29 is 28.7 Å². The molecule has 4 aromatic carbocycles. The van der Waals surface area contributed by atoms with Gasteiger partial charge in [0.1, 0.15) is 47.8 Å². The first-order valence-corrected chi connectivity index (χ1v) is 23.7. The fourth-order valence-corrected chi connectivity index (χ4v) is 11.8. The number of nitrogens with one attached hydrogen (secondary N) is 2. The molecular formula is C47H39N7O6S4. The maximum absolute atomic E-state index is 14.1. The van der Waals surface area contributed by atoms with E-state index in [1.54, 1.807) is 30.8 Å². The number of pyridine rings is 1. The summed E-state index contributed by atoms with van der Waals surface area (Å²) in [5, 5.41) is 12.4. The Bertz CT molecular complexity index is 2730. The maximum atomic E-state index is 14.1. The molecule has 64 heavy (non-hydrogen) atoms. The van der Waals surface area contributed by atoms with Crippen molar-refractivity contribution in [2.45, 2.75) is 27.9 Å². The number of ether oxygens (including phenoxy) is 2. The lowest BCUT2D eigenvalue weighted by molar-refractivity contribution is -0.153. The number of aromatic nitrogens is 3. The lowest BCUT2D eigenvalue weighted by Crippen LogP contribution is -2.71. The Morgan fingerprint density at radius 3 is 2.17 bits per heavy atom. The molecule has 13 nitrogen and oxygen atoms in total. The number of thiazole rings is 2. The molecule has 17 heteroatoms. The second-order valence-electron chi connectivity index (χ2n) is 14.5. The lowest BCUT2D eigenvalue weighted by atomic mass is 9.77. The molecule has 0 radical (unpaired) electrons. The molecular weight excluding hydrogens is 887 g/mol. The topological polar surface area (TPSA) is 157 Å². The Morgan fingerprint density at radius 2 is 1.55 bits per heavy atom. The monoisotopic (exact) mass is 925 g/mol. The Balaban J connectivity index is 0.955. The van der Waals surface area contributed by atoms with Crippen molar-refractivity contribution in [1.82, 2.24) is 25.2 Å². The largest absolute Gasteiger partial charge is 0.497 e. The number of thioether (sulfide) groups is 2. The van der Waals surface area contributed by atoms with Crippen LogP contribution in [-0.4, -0.2) is 80.5 Å². The van der Waals surface area contributed by atoms with E-state index in [-0.39, 0.29) is 23.7 Å². The third kappa shape index (κ3) is 8.58. The number of carbonyl (C=O) groups excluding carboxylic acids is 3. The molecule has 0 bridgehead atoms. The molecule has 2 aliphatic heterocycles. The molecule has 2 N–H and O–H groups in total. The van der Waals surface area contributed by atoms with Crippen LogP contribution >= 0.6 is 46.2 Å². The summed E-state index contributed by atoms with van der Waals surface area (Å²) in [5.41, 5.74) is 4.53. The minimum Gasteiger partial charge on any atom is -0.497 e. The third-order valence-corrected chi connectivity index (χ3v) is 15.0. The van der Waals surface area contributed by atoms with Gasteiger partial charge in [-0.2, -0.15) is 0 Å². The fourth-order valence-electron chi connectivity index (χ4n) is 7.57. The molecule has 5 heterocycles. The summed E-state index contributed by atoms with van der Waals surface area (Å²) in [7, 11) is 2.92. The van der Waals surface area contributed by atoms with E-state index >= 15 is 0 Å². The first-order chi connectivity index (χ1) is 31.4. The predicted octanol–water partition coefficient (Wildman–Crippen LogP) is 8.10. The van der Waals surface area contributed by atoms with Gasteiger partial charge in [0, 0.05) is 23.1 Å². The molecule has 9 rings (SSSR count). The zero-order chi connectivity index (χ0) is 44.0. The van der Waals surface area contributed by atoms with Crippen LogP contribution in [-0.2, 0) is 36.1 Å². The van der Waals surface area contributed by atoms with Crippen molar-refractivity contribution in [1.29, 1.82) is 0 Å². The summed E-state index contributed by atoms with van der Waals surface area (Å²) in [5.74, 6) is -0.271. The van der Waals surface area contributed by atoms with Crippen molar-refractivity contribution in [3.8, 4) is 5.75 Å². The molecule has 0 spiro atoms. The van der Waals surface area contributed by atoms with Gasteiger partial charge in [-0.1, -0.05) is 120 Å². The highest BCUT2D eigenvalue weighted by Crippen LogP contribution is 2.44. The molecule has 1 saturated heterocycles. The average molecular weight is 926 g/mol. The summed E-state index contributed by atoms with van der Waals surface area (Å²) in [6.07, 6.45) is 1.70. The van der Waals surface area contributed by atoms with Crippen LogP contribution in [0.3, 0.4) is 0 Å². The van der Waals surface area contributed by atoms with Gasteiger partial charge in [-0.15, -0.1) is 34.4 Å². The number of methoxy groups -OCH3 is 1. The normalized spacial score (nSPS) is 16.2. The van der Waals surface area contributed by atoms with E-state index < -0.39 is 34.7 Å². The number of benzene rings is 4. The van der Waals surface area contributed by atoms with Gasteiger partial charge < -0.3 is 24.9 Å². The van der Waals surface area contributed by atoms with E-state index in [1.165, 1.54) is 58.2 Å². The standard InChI is InChI=1S/C47H39N7O6S4/c1-58-34-22-20-29(21-23-34)25-60-44(57)39-30(27-63-46-51-40-36(64-46)19-12-24-48-40)26-61-43-38(42(56)54(39)43)50-41(55)37(53-59-2)35-28-62-45(49-35)52-47(31-13-6-3-7-14-31,32-15-8-4-9-16-32)33-17-10-5-11-18-33/h3-24,28,38,43H,25-27H2,1-2H3,(H,49,52)(H,50,55)/b53-37-. The van der Waals surface area contributed by atoms with Crippen LogP contribution in [0.2, 0.25) is 0 Å². The molecule has 7 aromatic rings. The van der Waals surface area contributed by atoms with Crippen molar-refractivity contribution in [2.24, 2.45) is 5.16 Å². The zero-order valence-corrected chi connectivity index (χ0v) is 37.6. The summed E-state index contributed by atoms with van der Waals surface area (Å²) in [6, 6.07) is 40.4. The van der Waals surface area contributed by atoms with Crippen LogP contribution in [0.1, 0.15) is 27.9 Å². The first-order valence-electron chi connectivity index (χ1n) is 20.0. The second kappa shape index (κ2) is 19.1. The van der Waals surface area contributed by atoms with E-state index in [1.807, 2.05) is 78.9 Å². The van der Waals surface area contributed by atoms with E-state index in [9.17, 15) is 14.4 Å². The van der Waals surface area contributed by atoms with Crippen LogP contribution in [0, 0.1) is 0 Å². The average Bonchev–Trinajstić information content (AvgIpc) is 4.00. The number of nitrogens with zero attached hydrogens (tertiary/aromatic N) is 5. The van der Waals surface area contributed by atoms with E-state index in [2.05, 4.69) is 62.2 Å². The molecule has 2 atom stereocenters. The number of hydrogen-bond acceptors (Lipinski definition) is 15. The number of fused-ring (bicyclic) bond motifs is 2. The van der Waals surface area contributed by atoms with Crippen LogP contribution in [0.25, 0.3) is 10.3 Å². The lowest BCUT2D eigenvalue weighted by Gasteiger charge is -2.49. The third-order valence-electron chi connectivity index (χ3n) is 10.6. The van der Waals surface area contributed by atoms with Crippen LogP contribution < -0.4 is 15.4 Å². The molecule has 322 valence electrons. The minimum atomic E-state index is -0.966. The molecule has 2 aliphatic rings. The van der Waals surface area contributed by atoms with Gasteiger partial charge >= 0.3 is 5.97 Å². The van der Waals surface area contributed by atoms with Gasteiger partial charge in [-0.25, -0.2) is 19.7 Å². The minimum absolute atomic E-state index is 0.0131. The Kier molecular flexibility index (Phi) is 12.7. The van der Waals surface area contributed by atoms with Gasteiger partial charge in [0.15, 0.2) is 20.8 Å². The highest BCUT2D eigenvalue weighted by Gasteiger charge is 2.55. The molecule has 0 aliphatic carbocycles. The molecule has 2 amide bonds. The molecule has 2 unspecified atom stereocenters. The quantitative estimate of drug-likeness (QED) is 0.0240. The van der Waals surface area contributed by atoms with Gasteiger partial charge in [0.05, 0.1) is 11.8 Å². The van der Waals surface area contributed by atoms with Crippen LogP contribution in [0.5, 0.6) is 5.75 Å². The summed E-state index contributed by atoms with van der Waals surface area (Å²) < 4.78 is 12.8. The SMILES string of the molecule is CO/N=C(\C(=O)NC1C(=O)N2C(C(=O)OCc3ccc(OC)cc3)=C(CSc3nc4ncccc4s3)CSC12)c1csc(NC(c2ccccc2)(c2ccccc2)c2ccccc2)n1. The first kappa shape index (κ1) is 42.8. The Morgan fingerprint density at radius 1 is 0.875 bits per heavy atom. The van der Waals surface area contributed by atoms with Gasteiger partial charge in [-0.3, -0.25) is 14.5 Å². The van der Waals surface area contributed by atoms with Crippen molar-refractivity contribution >= 4 is 85.2 Å². The summed E-state index contributed by atoms with van der Waals surface area (Å²) >= 11 is 5.74. The zero-order valence-electron chi connectivity index (χ0n) is 34.4. The molecule has 1 fully saturated rings. The molecule has 0 saturated carbocycles. The number of hydrogen-bond donors (Lipinski definition) is 2. The number of rotatable bonds is 16. The predicted molar refractivity (Wildman–Crippen MR) is 251 cm³/mol. The summed E-state index contributed by atoms with van der Waals surface area (Å²) in [6.45, 7) is -0.0131. The van der Waals surface area contributed by atoms with Gasteiger partial charge in [0.25, 0.3) is 11.8 Å². The Hall–Kier alpha value is -6.53. The maximum Gasteiger partial charge on any atom is 0.355 e. The van der Waals surface area contributed by atoms with Gasteiger partial charge in [-0.05, 0) is 52.1 Å². The fraction of sp³-hybridized carbons (Fsp3) is 0.170. The van der Waals surface area contributed by atoms with Crippen molar-refractivity contribution in [3.63, 3.8) is 0 Å². The number of esters is 1. The Labute approximate surface area is 385 Å². The van der Waals surface area contributed by atoms with Crippen molar-refractivity contribution in [3.05, 3.63) is 178 Å². The number of anilines is 1. The number of oxime groups is 1. The van der Waals surface area contributed by atoms with Crippen molar-refractivity contribution in [2.75, 3.05) is 31.0 Å². The highest BCUT2D eigenvalue weighted by atomic mass is 32.2. The number of carbonyl (C=O) groups is 3. The van der Waals surface area contributed by atoms with E-state index in [4.69, 9.17) is 19.3 Å². The van der Waals surface area contributed by atoms with Crippen LogP contribution in [0.4, 0.5) is 5.13 Å².